The van der Waals surface area contributed by atoms with Gasteiger partial charge in [-0.05, 0) is 48.5 Å². The SMILES string of the molecule is CSCCC(N)C(=O)NC(Cc1ccccc1)C(=O)NC(Cc1c[nH]c2ccccc12)C(=O)NC(CCCN=C(N)N)C(=O)O. The first-order valence-electron chi connectivity index (χ1n) is 14.6. The molecule has 3 rings (SSSR count). The molecule has 45 heavy (non-hydrogen) atoms. The second-order valence-electron chi connectivity index (χ2n) is 10.6. The average Bonchev–Trinajstić information content (AvgIpc) is 3.43. The first kappa shape index (κ1) is 34.9. The molecule has 0 aliphatic rings. The van der Waals surface area contributed by atoms with E-state index in [2.05, 4.69) is 25.9 Å². The van der Waals surface area contributed by atoms with Crippen molar-refractivity contribution >= 4 is 52.3 Å². The highest BCUT2D eigenvalue weighted by Crippen LogP contribution is 2.19. The Hall–Kier alpha value is -4.56. The van der Waals surface area contributed by atoms with Crippen molar-refractivity contribution in [3.63, 3.8) is 0 Å². The number of hydrogen-bond donors (Lipinski definition) is 8. The average molecular weight is 639 g/mol. The van der Waals surface area contributed by atoms with Crippen LogP contribution in [0.2, 0.25) is 0 Å². The van der Waals surface area contributed by atoms with Crippen LogP contribution in [0.3, 0.4) is 0 Å². The summed E-state index contributed by atoms with van der Waals surface area (Å²) in [7, 11) is 0. The Bertz CT molecular complexity index is 1460. The van der Waals surface area contributed by atoms with Gasteiger partial charge in [-0.1, -0.05) is 48.5 Å². The van der Waals surface area contributed by atoms with Gasteiger partial charge in [-0.2, -0.15) is 11.8 Å². The lowest BCUT2D eigenvalue weighted by atomic mass is 10.0. The standard InChI is InChI=1S/C31H42N8O5S/c1-45-15-13-22(32)27(40)38-25(16-19-8-3-2-4-9-19)28(41)39-26(17-20-18-36-23-11-6-5-10-21(20)23)29(42)37-24(30(43)44)12-7-14-35-31(33)34/h2-6,8-11,18,22,24-26,36H,7,12-17,32H2,1H3,(H,37,42)(H,38,40)(H,39,41)(H,43,44)(H4,33,34,35). The number of carbonyl (C=O) groups excluding carboxylic acids is 3. The van der Waals surface area contributed by atoms with Crippen molar-refractivity contribution in [3.05, 3.63) is 71.9 Å². The molecule has 0 spiro atoms. The van der Waals surface area contributed by atoms with Crippen LogP contribution in [-0.4, -0.2) is 82.5 Å². The van der Waals surface area contributed by atoms with Crippen LogP contribution in [-0.2, 0) is 32.0 Å². The minimum atomic E-state index is -1.25. The van der Waals surface area contributed by atoms with Crippen molar-refractivity contribution in [1.29, 1.82) is 0 Å². The van der Waals surface area contributed by atoms with E-state index in [1.165, 1.54) is 0 Å². The van der Waals surface area contributed by atoms with E-state index in [-0.39, 0.29) is 31.8 Å². The molecule has 1 heterocycles. The van der Waals surface area contributed by atoms with Crippen molar-refractivity contribution in [1.82, 2.24) is 20.9 Å². The molecule has 11 N–H and O–H groups in total. The maximum Gasteiger partial charge on any atom is 0.326 e. The summed E-state index contributed by atoms with van der Waals surface area (Å²) in [6.07, 6.45) is 4.66. The van der Waals surface area contributed by atoms with Gasteiger partial charge in [-0.25, -0.2) is 4.79 Å². The molecule has 0 fully saturated rings. The van der Waals surface area contributed by atoms with Crippen LogP contribution in [0, 0.1) is 0 Å². The summed E-state index contributed by atoms with van der Waals surface area (Å²) in [6.45, 7) is 0.192. The number of carboxylic acids is 1. The molecule has 3 aromatic rings. The molecule has 0 aliphatic heterocycles. The Morgan fingerprint density at radius 1 is 0.867 bits per heavy atom. The summed E-state index contributed by atoms with van der Waals surface area (Å²) in [5, 5.41) is 18.8. The highest BCUT2D eigenvalue weighted by Gasteiger charge is 2.31. The Morgan fingerprint density at radius 3 is 2.16 bits per heavy atom. The van der Waals surface area contributed by atoms with E-state index < -0.39 is 47.9 Å². The molecule has 14 heteroatoms. The number of aromatic amines is 1. The van der Waals surface area contributed by atoms with E-state index in [4.69, 9.17) is 17.2 Å². The van der Waals surface area contributed by atoms with Crippen molar-refractivity contribution in [2.75, 3.05) is 18.6 Å². The van der Waals surface area contributed by atoms with E-state index >= 15 is 0 Å². The molecular weight excluding hydrogens is 596 g/mol. The monoisotopic (exact) mass is 638 g/mol. The molecule has 0 saturated carbocycles. The number of nitrogens with two attached hydrogens (primary N) is 3. The highest BCUT2D eigenvalue weighted by atomic mass is 32.2. The van der Waals surface area contributed by atoms with Gasteiger partial charge in [0.25, 0.3) is 0 Å². The molecule has 0 aliphatic carbocycles. The lowest BCUT2D eigenvalue weighted by Gasteiger charge is -2.25. The van der Waals surface area contributed by atoms with Gasteiger partial charge in [0.1, 0.15) is 18.1 Å². The normalized spacial score (nSPS) is 13.6. The lowest BCUT2D eigenvalue weighted by Crippen LogP contribution is -2.58. The number of nitrogens with zero attached hydrogens (tertiary/aromatic N) is 1. The number of amides is 3. The number of carboxylic acid groups (broad SMARTS) is 1. The molecule has 4 unspecified atom stereocenters. The van der Waals surface area contributed by atoms with Crippen LogP contribution in [0.1, 0.15) is 30.4 Å². The van der Waals surface area contributed by atoms with Gasteiger partial charge in [0.05, 0.1) is 6.04 Å². The topological polar surface area (TPSA) is 231 Å². The summed E-state index contributed by atoms with van der Waals surface area (Å²) in [6, 6.07) is 12.4. The second-order valence-corrected chi connectivity index (χ2v) is 11.6. The zero-order valence-corrected chi connectivity index (χ0v) is 26.0. The van der Waals surface area contributed by atoms with Crippen molar-refractivity contribution in [2.45, 2.75) is 56.3 Å². The van der Waals surface area contributed by atoms with E-state index in [0.29, 0.717) is 18.6 Å². The molecule has 3 amide bonds. The zero-order chi connectivity index (χ0) is 32.8. The fourth-order valence-electron chi connectivity index (χ4n) is 4.75. The molecule has 0 bridgehead atoms. The third-order valence-corrected chi connectivity index (χ3v) is 7.82. The molecule has 0 saturated heterocycles. The molecule has 0 radical (unpaired) electrons. The van der Waals surface area contributed by atoms with Crippen LogP contribution in [0.15, 0.2) is 65.8 Å². The number of hydrogen-bond acceptors (Lipinski definition) is 7. The first-order valence-corrected chi connectivity index (χ1v) is 16.0. The number of nitrogens with one attached hydrogen (secondary N) is 4. The number of carbonyl (C=O) groups is 4. The van der Waals surface area contributed by atoms with Crippen LogP contribution in [0.25, 0.3) is 10.9 Å². The fraction of sp³-hybridized carbons (Fsp3) is 0.387. The largest absolute Gasteiger partial charge is 0.480 e. The van der Waals surface area contributed by atoms with Gasteiger partial charge in [0, 0.05) is 36.5 Å². The molecule has 2 aromatic carbocycles. The maximum atomic E-state index is 13.8. The van der Waals surface area contributed by atoms with E-state index in [9.17, 15) is 24.3 Å². The van der Waals surface area contributed by atoms with E-state index in [1.807, 2.05) is 60.9 Å². The number of para-hydroxylation sites is 1. The quantitative estimate of drug-likeness (QED) is 0.0554. The first-order chi connectivity index (χ1) is 21.6. The van der Waals surface area contributed by atoms with Gasteiger partial charge in [-0.15, -0.1) is 0 Å². The number of aliphatic imine (C=N–C) groups is 1. The second kappa shape index (κ2) is 17.7. The van der Waals surface area contributed by atoms with Crippen molar-refractivity contribution < 1.29 is 24.3 Å². The van der Waals surface area contributed by atoms with Crippen molar-refractivity contribution in [2.24, 2.45) is 22.2 Å². The predicted molar refractivity (Wildman–Crippen MR) is 176 cm³/mol. The third-order valence-electron chi connectivity index (χ3n) is 7.18. The predicted octanol–water partition coefficient (Wildman–Crippen LogP) is 0.626. The van der Waals surface area contributed by atoms with Crippen LogP contribution < -0.4 is 33.2 Å². The number of guanidine groups is 1. The minimum absolute atomic E-state index is 0.0567. The fourth-order valence-corrected chi connectivity index (χ4v) is 5.24. The third kappa shape index (κ3) is 11.1. The van der Waals surface area contributed by atoms with E-state index in [0.717, 1.165) is 22.0 Å². The zero-order valence-electron chi connectivity index (χ0n) is 25.2. The van der Waals surface area contributed by atoms with Gasteiger partial charge in [0.15, 0.2) is 5.96 Å². The Balaban J connectivity index is 1.86. The highest BCUT2D eigenvalue weighted by molar-refractivity contribution is 7.98. The number of H-pyrrole nitrogens is 1. The van der Waals surface area contributed by atoms with Gasteiger partial charge in [0.2, 0.25) is 17.7 Å². The smallest absolute Gasteiger partial charge is 0.326 e. The molecule has 13 nitrogen and oxygen atoms in total. The lowest BCUT2D eigenvalue weighted by molar-refractivity contribution is -0.142. The number of benzene rings is 2. The molecule has 242 valence electrons. The van der Waals surface area contributed by atoms with Gasteiger partial charge < -0.3 is 43.2 Å². The van der Waals surface area contributed by atoms with Gasteiger partial charge >= 0.3 is 5.97 Å². The van der Waals surface area contributed by atoms with Crippen LogP contribution in [0.5, 0.6) is 0 Å². The summed E-state index contributed by atoms with van der Waals surface area (Å²) in [4.78, 5) is 59.5. The van der Waals surface area contributed by atoms with Crippen LogP contribution in [0.4, 0.5) is 0 Å². The van der Waals surface area contributed by atoms with Crippen LogP contribution >= 0.6 is 11.8 Å². The number of rotatable bonds is 18. The summed E-state index contributed by atoms with van der Waals surface area (Å²) in [5.41, 5.74) is 19.2. The summed E-state index contributed by atoms with van der Waals surface area (Å²) < 4.78 is 0. The molecule has 4 atom stereocenters. The Morgan fingerprint density at radius 2 is 1.49 bits per heavy atom. The minimum Gasteiger partial charge on any atom is -0.480 e. The molecular formula is C31H42N8O5S. The Labute approximate surface area is 266 Å². The number of aromatic nitrogens is 1. The van der Waals surface area contributed by atoms with E-state index in [1.54, 1.807) is 18.0 Å². The number of aliphatic carboxylic acids is 1. The number of thioether (sulfide) groups is 1. The summed E-state index contributed by atoms with van der Waals surface area (Å²) in [5.74, 6) is -2.46. The maximum absolute atomic E-state index is 13.8. The van der Waals surface area contributed by atoms with Gasteiger partial charge in [-0.3, -0.25) is 19.4 Å². The van der Waals surface area contributed by atoms with Crippen molar-refractivity contribution in [3.8, 4) is 0 Å². The summed E-state index contributed by atoms with van der Waals surface area (Å²) >= 11 is 1.56. The Kier molecular flexibility index (Phi) is 13.7. The number of fused-ring (bicyclic) bond motifs is 1. The molecule has 1 aromatic heterocycles.